The van der Waals surface area contributed by atoms with E-state index in [1.165, 1.54) is 50.8 Å². The van der Waals surface area contributed by atoms with Gasteiger partial charge in [0.05, 0.1) is 99.2 Å². The second-order valence-corrected chi connectivity index (χ2v) is 40.4. The van der Waals surface area contributed by atoms with Gasteiger partial charge < -0.3 is 79.2 Å². The van der Waals surface area contributed by atoms with Crippen LogP contribution in [0, 0.1) is 18.2 Å². The summed E-state index contributed by atoms with van der Waals surface area (Å²) in [6, 6.07) is 48.2. The number of rotatable bonds is 40. The van der Waals surface area contributed by atoms with Crippen LogP contribution in [0.3, 0.4) is 0 Å². The molecule has 0 radical (unpaired) electrons. The van der Waals surface area contributed by atoms with E-state index >= 15 is 0 Å². The van der Waals surface area contributed by atoms with Gasteiger partial charge in [0.2, 0.25) is 35.4 Å². The zero-order valence-electron chi connectivity index (χ0n) is 82.2. The van der Waals surface area contributed by atoms with E-state index in [0.717, 1.165) is 116 Å². The minimum Gasteiger partial charge on any atom is -0.508 e. The minimum atomic E-state index is -1.31. The Kier molecular flexibility index (Phi) is 34.3. The molecule has 8 aromatic carbocycles. The second kappa shape index (κ2) is 48.5. The highest BCUT2D eigenvalue weighted by Crippen LogP contribution is 2.42. The van der Waals surface area contributed by atoms with Gasteiger partial charge in [-0.05, 0) is 136 Å². The van der Waals surface area contributed by atoms with Crippen molar-refractivity contribution in [2.45, 2.75) is 116 Å². The first kappa shape index (κ1) is 105. The third-order valence-electron chi connectivity index (χ3n) is 27.0. The summed E-state index contributed by atoms with van der Waals surface area (Å²) in [5.41, 5.74) is 13.8. The van der Waals surface area contributed by atoms with E-state index in [0.29, 0.717) is 98.4 Å². The molecule has 0 spiro atoms. The lowest BCUT2D eigenvalue weighted by Gasteiger charge is -2.36. The SMILES string of the molecule is Cc1ncsc1-c1ccc(CNC(=O)[C@@H]2C[C@@H](O)CN2C(=O)[C@@H](NC(=O)CCOCCOCCOCCC(=O)N2CCN(c3ccc(-c4ccc5c(c4)C(=O)N(C(C(=O)Nc4nccs4)c4ccccc4)C5)cc3)CC2)C(C)(C)C)cc1.O=C1CCC(N2C(=O)c3cccc(NCOCCOCCN4CCN(c5ccc(-c6ccc7c(c6)C(=O)N(C(C(=O)Nc6nccs6)c6cc(F)ccc6O)C7)cc5)CC4)c3C2=O)C(=O)N1. The van der Waals surface area contributed by atoms with E-state index in [-0.39, 0.29) is 137 Å². The van der Waals surface area contributed by atoms with Crippen LogP contribution in [-0.4, -0.2) is 281 Å². The number of piperidine rings is 1. The van der Waals surface area contributed by atoms with Crippen molar-refractivity contribution in [3.63, 3.8) is 0 Å². The van der Waals surface area contributed by atoms with Crippen LogP contribution in [-0.2, 0) is 81.7 Å². The van der Waals surface area contributed by atoms with E-state index in [2.05, 4.69) is 85.8 Å². The number of aryl methyl sites for hydroxylation is 1. The first-order valence-electron chi connectivity index (χ1n) is 49.2. The van der Waals surface area contributed by atoms with Crippen molar-refractivity contribution in [1.29, 1.82) is 0 Å². The van der Waals surface area contributed by atoms with Crippen LogP contribution < -0.4 is 41.7 Å². The van der Waals surface area contributed by atoms with Crippen molar-refractivity contribution >= 4 is 132 Å². The number of aromatic hydroxyl groups is 1. The maximum absolute atomic E-state index is 14.4. The molecule has 10 heterocycles. The Labute approximate surface area is 866 Å². The van der Waals surface area contributed by atoms with Crippen LogP contribution in [0.25, 0.3) is 32.7 Å². The Bertz CT molecular complexity index is 6620. The number of aromatic nitrogens is 3. The molecule has 7 aliphatic heterocycles. The average Bonchev–Trinajstić information content (AvgIpc) is 1.59. The number of β-amino-alcohol motifs (C(OH)–C–C–N with tert-alkyl or cyclic N) is 1. The maximum Gasteiger partial charge on any atom is 0.264 e. The monoisotopic (exact) mass is 2070 g/mol. The Morgan fingerprint density at radius 3 is 1.72 bits per heavy atom. The fraction of sp³-hybridized carbons (Fsp3) is 0.361. The lowest BCUT2D eigenvalue weighted by atomic mass is 9.85. The van der Waals surface area contributed by atoms with Gasteiger partial charge in [-0.25, -0.2) is 19.3 Å². The van der Waals surface area contributed by atoms with Gasteiger partial charge in [-0.2, -0.15) is 0 Å². The zero-order chi connectivity index (χ0) is 104. The fourth-order valence-corrected chi connectivity index (χ4v) is 21.0. The molecule has 11 aromatic rings. The summed E-state index contributed by atoms with van der Waals surface area (Å²) in [5, 5.41) is 42.2. The molecule has 0 aliphatic carbocycles. The number of aliphatic hydroxyl groups is 1. The van der Waals surface area contributed by atoms with E-state index in [4.69, 9.17) is 23.7 Å². The number of carbonyl (C=O) groups excluding carboxylic acids is 12. The normalized spacial score (nSPS) is 17.3. The average molecular weight is 2070 g/mol. The molecule has 4 saturated heterocycles. The Hall–Kier alpha value is -14.5. The highest BCUT2D eigenvalue weighted by atomic mass is 32.1. The number of ether oxygens (including phenoxy) is 5. The van der Waals surface area contributed by atoms with Gasteiger partial charge in [0.25, 0.3) is 35.4 Å². The number of phenols is 1. The fourth-order valence-electron chi connectivity index (χ4n) is 19.1. The van der Waals surface area contributed by atoms with Crippen LogP contribution in [0.1, 0.15) is 140 Å². The number of imide groups is 2. The smallest absolute Gasteiger partial charge is 0.264 e. The van der Waals surface area contributed by atoms with Crippen molar-refractivity contribution in [2.24, 2.45) is 5.41 Å². The zero-order valence-corrected chi connectivity index (χ0v) is 84.7. The first-order chi connectivity index (χ1) is 71.6. The molecule has 0 saturated carbocycles. The van der Waals surface area contributed by atoms with Crippen molar-refractivity contribution in [3.05, 3.63) is 266 Å². The Morgan fingerprint density at radius 2 is 1.14 bits per heavy atom. The lowest BCUT2D eigenvalue weighted by Crippen LogP contribution is -2.57. The van der Waals surface area contributed by atoms with E-state index in [1.54, 1.807) is 45.3 Å². The van der Waals surface area contributed by atoms with Gasteiger partial charge in [0, 0.05) is 161 Å². The molecule has 36 nitrogen and oxygen atoms in total. The summed E-state index contributed by atoms with van der Waals surface area (Å²) >= 11 is 4.09. The quantitative estimate of drug-likeness (QED) is 0.0100. The molecule has 6 atom stereocenters. The molecule has 12 amide bonds. The molecule has 3 aromatic heterocycles. The van der Waals surface area contributed by atoms with E-state index < -0.39 is 88.9 Å². The van der Waals surface area contributed by atoms with Crippen LogP contribution in [0.2, 0.25) is 0 Å². The third kappa shape index (κ3) is 25.3. The number of phenolic OH excluding ortho intramolecular Hbond substituents is 1. The van der Waals surface area contributed by atoms with Crippen molar-refractivity contribution in [3.8, 4) is 38.4 Å². The van der Waals surface area contributed by atoms with Gasteiger partial charge in [-0.1, -0.05) is 130 Å². The maximum atomic E-state index is 14.4. The standard InChI is InChI=1S/C61H71N9O10S2.C47H45FN8O9S/c1-40-54(82-39-64-40)44-12-10-41(11-13-44)36-63-56(74)50-35-48(71)38-69(50)59(77)55(61(2,3)4)65-51(72)20-27-78-29-31-80-32-30-79-28-21-52(73)68-25-23-67(24-26-68)47-18-16-42(17-19-47)45-14-15-46-37-70(58(76)49(46)34-45)53(43-8-6-5-7-9-43)57(75)66-60-62-22-33-81-60;48-31-8-12-38(57)35(25-31)41(43(60)52-47-49-14-23-66-47)55-26-30-5-4-29(24-34(30)44(55)61)28-6-9-32(10-7-28)54-17-15-53(16-18-54)19-20-64-21-22-65-27-50-36-3-1-2-33-40(36)46(63)56(45(33)62)37-11-13-39(58)51-42(37)59/h5-19,22,33-34,39,48,50,53,55,71H,20-21,23-32,35-38H2,1-4H3,(H,63,74)(H,65,72)(H,62,66,75);1-10,12,14,23-25,37,41,50,57H,11,13,15-22,26-27H2,(H,49,52,60)(H,51,58,59)/t48-,50+,53?,55-;/m1./s1. The molecule has 7 aliphatic rings. The summed E-state index contributed by atoms with van der Waals surface area (Å²) in [7, 11) is 0. The lowest BCUT2D eigenvalue weighted by molar-refractivity contribution is -0.144. The van der Waals surface area contributed by atoms with E-state index in [9.17, 15) is 72.1 Å². The summed E-state index contributed by atoms with van der Waals surface area (Å²) in [4.78, 5) is 187. The molecule has 4 fully saturated rings. The largest absolute Gasteiger partial charge is 0.508 e. The van der Waals surface area contributed by atoms with E-state index in [1.807, 2.05) is 153 Å². The van der Waals surface area contributed by atoms with Crippen LogP contribution >= 0.6 is 34.0 Å². The number of nitrogens with zero attached hydrogens (tertiary/aromatic N) is 11. The predicted octanol–water partition coefficient (Wildman–Crippen LogP) is 11.5. The molecular weight excluding hydrogens is 1950 g/mol. The van der Waals surface area contributed by atoms with Gasteiger partial charge >= 0.3 is 0 Å². The summed E-state index contributed by atoms with van der Waals surface area (Å²) in [5.74, 6) is -5.92. The minimum absolute atomic E-state index is 0.00608. The molecule has 40 heteroatoms. The number of fused-ring (bicyclic) bond motifs is 3. The van der Waals surface area contributed by atoms with Gasteiger partial charge in [-0.3, -0.25) is 83.3 Å². The number of thiazole rings is 3. The number of nitrogens with one attached hydrogen (secondary N) is 6. The number of hydrogen-bond donors (Lipinski definition) is 8. The molecule has 3 unspecified atom stereocenters. The summed E-state index contributed by atoms with van der Waals surface area (Å²) < 4.78 is 42.9. The number of hydrogen-bond acceptors (Lipinski definition) is 29. The van der Waals surface area contributed by atoms with Crippen LogP contribution in [0.5, 0.6) is 5.75 Å². The number of halogens is 1. The third-order valence-corrected chi connectivity index (χ3v) is 29.4. The highest BCUT2D eigenvalue weighted by Gasteiger charge is 2.49. The molecule has 8 N–H and O–H groups in total. The topological polar surface area (TPSA) is 428 Å². The molecular formula is C108H116FN17O19S3. The predicted molar refractivity (Wildman–Crippen MR) is 554 cm³/mol. The summed E-state index contributed by atoms with van der Waals surface area (Å²) in [6.45, 7) is 17.6. The Balaban J connectivity index is 0.000000206. The van der Waals surface area contributed by atoms with Gasteiger partial charge in [-0.15, -0.1) is 34.0 Å². The summed E-state index contributed by atoms with van der Waals surface area (Å²) in [6.07, 6.45) is 2.77. The number of aliphatic hydroxyl groups excluding tert-OH is 1. The number of anilines is 5. The number of amides is 12. The van der Waals surface area contributed by atoms with Crippen molar-refractivity contribution in [1.82, 2.24) is 60.3 Å². The van der Waals surface area contributed by atoms with Crippen molar-refractivity contribution in [2.75, 3.05) is 157 Å². The molecule has 772 valence electrons. The number of piperazine rings is 2. The highest BCUT2D eigenvalue weighted by molar-refractivity contribution is 7.14. The van der Waals surface area contributed by atoms with Crippen molar-refractivity contribution < 1.29 is 95.8 Å². The molecule has 0 bridgehead atoms. The number of likely N-dealkylation sites (tertiary alicyclic amines) is 1. The van der Waals surface area contributed by atoms with Gasteiger partial charge in [0.15, 0.2) is 10.3 Å². The Morgan fingerprint density at radius 1 is 0.568 bits per heavy atom. The second-order valence-electron chi connectivity index (χ2n) is 37.8. The molecule has 18 rings (SSSR count). The van der Waals surface area contributed by atoms with Crippen LogP contribution in [0.15, 0.2) is 205 Å². The first-order valence-corrected chi connectivity index (χ1v) is 51.8. The number of carbonyl (C=O) groups is 12. The van der Waals surface area contributed by atoms with Gasteiger partial charge in [0.1, 0.15) is 48.5 Å². The van der Waals surface area contributed by atoms with Crippen LogP contribution in [0.4, 0.5) is 31.7 Å². The number of benzene rings is 8. The molecule has 148 heavy (non-hydrogen) atoms.